The van der Waals surface area contributed by atoms with Crippen LogP contribution in [0.5, 0.6) is 17.4 Å². The number of aromatic nitrogens is 4. The Labute approximate surface area is 185 Å². The molecule has 3 heterocycles. The van der Waals surface area contributed by atoms with Gasteiger partial charge in [-0.25, -0.2) is 9.97 Å². The van der Waals surface area contributed by atoms with E-state index in [1.165, 1.54) is 12.4 Å². The fourth-order valence-electron chi connectivity index (χ4n) is 3.63. The van der Waals surface area contributed by atoms with E-state index in [-0.39, 0.29) is 23.6 Å². The molecule has 164 valence electrons. The molecule has 0 saturated carbocycles. The molecule has 0 spiro atoms. The molecule has 4 rings (SSSR count). The van der Waals surface area contributed by atoms with E-state index < -0.39 is 0 Å². The number of rotatable bonds is 6. The van der Waals surface area contributed by atoms with Crippen molar-refractivity contribution >= 4 is 5.91 Å². The lowest BCUT2D eigenvalue weighted by Gasteiger charge is -2.17. The first-order chi connectivity index (χ1) is 15.5. The number of aryl methyl sites for hydroxylation is 1. The van der Waals surface area contributed by atoms with Gasteiger partial charge in [0.15, 0.2) is 0 Å². The van der Waals surface area contributed by atoms with Gasteiger partial charge in [0.2, 0.25) is 5.69 Å². The summed E-state index contributed by atoms with van der Waals surface area (Å²) in [5.41, 5.74) is 1.91. The Bertz CT molecular complexity index is 1190. The van der Waals surface area contributed by atoms with E-state index in [2.05, 4.69) is 15.1 Å². The molecule has 32 heavy (non-hydrogen) atoms. The fourth-order valence-corrected chi connectivity index (χ4v) is 3.63. The van der Waals surface area contributed by atoms with Crippen LogP contribution in [0.1, 0.15) is 22.6 Å². The number of nitrogens with zero attached hydrogens (tertiary/aromatic N) is 6. The van der Waals surface area contributed by atoms with Gasteiger partial charge in [0.25, 0.3) is 11.8 Å². The molecule has 1 atom stereocenters. The van der Waals surface area contributed by atoms with E-state index >= 15 is 0 Å². The van der Waals surface area contributed by atoms with Gasteiger partial charge in [-0.05, 0) is 24.3 Å². The quantitative estimate of drug-likeness (QED) is 0.579. The number of ether oxygens (including phenoxy) is 3. The van der Waals surface area contributed by atoms with Crippen LogP contribution in [0.4, 0.5) is 0 Å². The lowest BCUT2D eigenvalue weighted by atomic mass is 10.1. The van der Waals surface area contributed by atoms with Crippen LogP contribution in [0.2, 0.25) is 0 Å². The molecule has 1 saturated heterocycles. The molecular formula is C22H22N6O4. The van der Waals surface area contributed by atoms with Crippen LogP contribution in [0.25, 0.3) is 11.3 Å². The maximum Gasteiger partial charge on any atom is 0.272 e. The zero-order chi connectivity index (χ0) is 22.7. The van der Waals surface area contributed by atoms with Gasteiger partial charge >= 0.3 is 0 Å². The average Bonchev–Trinajstić information content (AvgIpc) is 3.45. The van der Waals surface area contributed by atoms with Gasteiger partial charge in [0, 0.05) is 38.0 Å². The molecule has 1 fully saturated rings. The summed E-state index contributed by atoms with van der Waals surface area (Å²) < 4.78 is 18.1. The van der Waals surface area contributed by atoms with Crippen LogP contribution >= 0.6 is 0 Å². The maximum absolute atomic E-state index is 13.2. The molecule has 10 heteroatoms. The molecular weight excluding hydrogens is 412 g/mol. The van der Waals surface area contributed by atoms with Gasteiger partial charge in [0.1, 0.15) is 29.4 Å². The highest BCUT2D eigenvalue weighted by molar-refractivity contribution is 5.94. The second kappa shape index (κ2) is 8.93. The monoisotopic (exact) mass is 434 g/mol. The third-order valence-corrected chi connectivity index (χ3v) is 5.26. The Kier molecular flexibility index (Phi) is 5.89. The first-order valence-corrected chi connectivity index (χ1v) is 9.97. The van der Waals surface area contributed by atoms with Crippen molar-refractivity contribution in [2.45, 2.75) is 12.5 Å². The molecule has 0 aliphatic carbocycles. The second-order valence-corrected chi connectivity index (χ2v) is 7.21. The standard InChI is InChI=1S/C22H22N6O4/c1-27-19(11-17(26-27)16-10-14(30-2)4-5-20(16)31-3)22(29)28-9-6-15(13-28)32-21-18(12-23)24-7-8-25-21/h4-5,7-8,10-11,15H,6,9,13H2,1-3H3. The third kappa shape index (κ3) is 4.05. The first-order valence-electron chi connectivity index (χ1n) is 9.97. The van der Waals surface area contributed by atoms with Crippen LogP contribution < -0.4 is 14.2 Å². The zero-order valence-electron chi connectivity index (χ0n) is 18.0. The SMILES string of the molecule is COc1ccc(OC)c(-c2cc(C(=O)N3CCC(Oc4nccnc4C#N)C3)n(C)n2)c1. The summed E-state index contributed by atoms with van der Waals surface area (Å²) in [6, 6.07) is 9.13. The Morgan fingerprint density at radius 1 is 1.19 bits per heavy atom. The average molecular weight is 434 g/mol. The molecule has 1 amide bonds. The van der Waals surface area contributed by atoms with E-state index in [4.69, 9.17) is 19.5 Å². The van der Waals surface area contributed by atoms with E-state index in [0.717, 1.165) is 5.56 Å². The molecule has 1 unspecified atom stereocenters. The highest BCUT2D eigenvalue weighted by Gasteiger charge is 2.31. The highest BCUT2D eigenvalue weighted by Crippen LogP contribution is 2.33. The Morgan fingerprint density at radius 3 is 2.75 bits per heavy atom. The summed E-state index contributed by atoms with van der Waals surface area (Å²) in [5, 5.41) is 13.7. The number of nitriles is 1. The van der Waals surface area contributed by atoms with Crippen molar-refractivity contribution < 1.29 is 19.0 Å². The van der Waals surface area contributed by atoms with Crippen molar-refractivity contribution in [3.63, 3.8) is 0 Å². The molecule has 3 aromatic rings. The lowest BCUT2D eigenvalue weighted by Crippen LogP contribution is -2.32. The topological polar surface area (TPSA) is 115 Å². The number of hydrogen-bond donors (Lipinski definition) is 0. The molecule has 0 bridgehead atoms. The Balaban J connectivity index is 1.52. The van der Waals surface area contributed by atoms with Gasteiger partial charge in [0.05, 0.1) is 26.5 Å². The Morgan fingerprint density at radius 2 is 2.00 bits per heavy atom. The summed E-state index contributed by atoms with van der Waals surface area (Å²) in [7, 11) is 4.90. The molecule has 1 aliphatic rings. The van der Waals surface area contributed by atoms with Crippen LogP contribution in [-0.2, 0) is 7.05 Å². The molecule has 10 nitrogen and oxygen atoms in total. The largest absolute Gasteiger partial charge is 0.497 e. The molecule has 0 N–H and O–H groups in total. The summed E-state index contributed by atoms with van der Waals surface area (Å²) >= 11 is 0. The van der Waals surface area contributed by atoms with Crippen LogP contribution in [0.15, 0.2) is 36.7 Å². The molecule has 1 aliphatic heterocycles. The van der Waals surface area contributed by atoms with Crippen molar-refractivity contribution in [2.24, 2.45) is 7.05 Å². The van der Waals surface area contributed by atoms with Gasteiger partial charge in [-0.2, -0.15) is 10.4 Å². The zero-order valence-corrected chi connectivity index (χ0v) is 18.0. The number of likely N-dealkylation sites (tertiary alicyclic amines) is 1. The number of carbonyl (C=O) groups is 1. The maximum atomic E-state index is 13.2. The van der Waals surface area contributed by atoms with Crippen molar-refractivity contribution in [1.29, 1.82) is 5.26 Å². The summed E-state index contributed by atoms with van der Waals surface area (Å²) in [5.74, 6) is 1.33. The number of benzene rings is 1. The fraction of sp³-hybridized carbons (Fsp3) is 0.318. The van der Waals surface area contributed by atoms with Gasteiger partial charge < -0.3 is 19.1 Å². The normalized spacial score (nSPS) is 15.3. The van der Waals surface area contributed by atoms with Gasteiger partial charge in [-0.1, -0.05) is 0 Å². The number of amides is 1. The summed E-state index contributed by atoms with van der Waals surface area (Å²) in [6.07, 6.45) is 3.27. The minimum Gasteiger partial charge on any atom is -0.497 e. The minimum absolute atomic E-state index is 0.126. The Hall–Kier alpha value is -4.13. The van der Waals surface area contributed by atoms with Crippen molar-refractivity contribution in [3.8, 4) is 34.7 Å². The summed E-state index contributed by atoms with van der Waals surface area (Å²) in [6.45, 7) is 0.901. The number of carbonyl (C=O) groups excluding carboxylic acids is 1. The minimum atomic E-state index is -0.270. The molecule has 0 radical (unpaired) electrons. The van der Waals surface area contributed by atoms with Crippen molar-refractivity contribution in [2.75, 3.05) is 27.3 Å². The van der Waals surface area contributed by atoms with E-state index in [1.807, 2.05) is 12.1 Å². The van der Waals surface area contributed by atoms with Crippen LogP contribution in [0.3, 0.4) is 0 Å². The predicted octanol–water partition coefficient (Wildman–Crippen LogP) is 2.06. The van der Waals surface area contributed by atoms with E-state index in [0.29, 0.717) is 42.4 Å². The third-order valence-electron chi connectivity index (χ3n) is 5.26. The van der Waals surface area contributed by atoms with Crippen molar-refractivity contribution in [1.82, 2.24) is 24.6 Å². The molecule has 2 aromatic heterocycles. The smallest absolute Gasteiger partial charge is 0.272 e. The van der Waals surface area contributed by atoms with Crippen LogP contribution in [-0.4, -0.2) is 64.0 Å². The summed E-state index contributed by atoms with van der Waals surface area (Å²) in [4.78, 5) is 22.9. The first kappa shape index (κ1) is 21.1. The second-order valence-electron chi connectivity index (χ2n) is 7.21. The van der Waals surface area contributed by atoms with E-state index in [9.17, 15) is 4.79 Å². The van der Waals surface area contributed by atoms with Gasteiger partial charge in [-0.3, -0.25) is 9.48 Å². The predicted molar refractivity (Wildman–Crippen MR) is 113 cm³/mol. The lowest BCUT2D eigenvalue weighted by molar-refractivity contribution is 0.0760. The van der Waals surface area contributed by atoms with E-state index in [1.54, 1.807) is 49.0 Å². The molecule has 1 aromatic carbocycles. The van der Waals surface area contributed by atoms with Crippen LogP contribution in [0, 0.1) is 11.3 Å². The number of methoxy groups -OCH3 is 2. The number of hydrogen-bond acceptors (Lipinski definition) is 8. The highest BCUT2D eigenvalue weighted by atomic mass is 16.5. The van der Waals surface area contributed by atoms with Crippen molar-refractivity contribution in [3.05, 3.63) is 48.0 Å². The van der Waals surface area contributed by atoms with Gasteiger partial charge in [-0.15, -0.1) is 0 Å².